The van der Waals surface area contributed by atoms with Gasteiger partial charge in [0.15, 0.2) is 0 Å². The van der Waals surface area contributed by atoms with Crippen molar-refractivity contribution in [2.24, 2.45) is 0 Å². The zero-order chi connectivity index (χ0) is 30.1. The molecule has 0 radical (unpaired) electrons. The fraction of sp³-hybridized carbons (Fsp3) is 0.200. The maximum Gasteiger partial charge on any atom is 0.273 e. The predicted molar refractivity (Wildman–Crippen MR) is 156 cm³/mol. The number of amides is 1. The van der Waals surface area contributed by atoms with Crippen molar-refractivity contribution in [3.8, 4) is 0 Å². The fourth-order valence-electron chi connectivity index (χ4n) is 5.05. The van der Waals surface area contributed by atoms with E-state index in [0.717, 1.165) is 44.0 Å². The van der Waals surface area contributed by atoms with E-state index >= 15 is 0 Å². The summed E-state index contributed by atoms with van der Waals surface area (Å²) in [5.41, 5.74) is 4.72. The molecule has 3 heterocycles. The van der Waals surface area contributed by atoms with E-state index < -0.39 is 26.4 Å². The fourth-order valence-corrected chi connectivity index (χ4v) is 6.38. The van der Waals surface area contributed by atoms with Gasteiger partial charge in [0.25, 0.3) is 5.91 Å². The van der Waals surface area contributed by atoms with Crippen LogP contribution in [-0.4, -0.2) is 62.3 Å². The van der Waals surface area contributed by atoms with Crippen LogP contribution in [0.15, 0.2) is 99.5 Å². The number of nitrogens with one attached hydrogen (secondary N) is 1. The van der Waals surface area contributed by atoms with Crippen molar-refractivity contribution in [1.29, 1.82) is 0 Å². The van der Waals surface area contributed by atoms with E-state index in [1.165, 1.54) is 40.6 Å². The molecule has 222 valence electrons. The topological polar surface area (TPSA) is 104 Å². The molecule has 3 aromatic carbocycles. The number of hydrogen-bond acceptors (Lipinski definition) is 8. The summed E-state index contributed by atoms with van der Waals surface area (Å²) < 4.78 is 59.4. The molecular formula is C30H28F2N6O4S. The van der Waals surface area contributed by atoms with Gasteiger partial charge in [0.1, 0.15) is 23.9 Å². The SMILES string of the molecule is CN1CCN(c2ccccc2C(=O)NN(Cc2ccco2)n2ncc3cc(S(=O)(=O)c4cc(F)cc(F)c4)ccc32)CC1. The average molecular weight is 607 g/mol. The van der Waals surface area contributed by atoms with E-state index in [9.17, 15) is 22.0 Å². The second kappa shape index (κ2) is 11.5. The molecule has 2 aromatic heterocycles. The van der Waals surface area contributed by atoms with Crippen molar-refractivity contribution in [2.45, 2.75) is 16.3 Å². The number of nitrogens with zero attached hydrogens (tertiary/aromatic N) is 5. The minimum Gasteiger partial charge on any atom is -0.467 e. The van der Waals surface area contributed by atoms with E-state index in [0.29, 0.717) is 28.3 Å². The van der Waals surface area contributed by atoms with Gasteiger partial charge in [0.05, 0.1) is 33.3 Å². The molecule has 0 saturated carbocycles. The van der Waals surface area contributed by atoms with Gasteiger partial charge < -0.3 is 14.2 Å². The molecule has 0 atom stereocenters. The normalized spacial score (nSPS) is 14.3. The molecule has 0 aliphatic carbocycles. The molecule has 1 amide bonds. The number of aromatic nitrogens is 2. The monoisotopic (exact) mass is 606 g/mol. The van der Waals surface area contributed by atoms with E-state index in [1.807, 2.05) is 12.1 Å². The molecule has 0 unspecified atom stereocenters. The molecule has 0 spiro atoms. The Morgan fingerprint density at radius 1 is 0.953 bits per heavy atom. The Hall–Kier alpha value is -4.75. The first-order valence-electron chi connectivity index (χ1n) is 13.5. The van der Waals surface area contributed by atoms with Crippen molar-refractivity contribution in [3.63, 3.8) is 0 Å². The first-order valence-corrected chi connectivity index (χ1v) is 15.0. The van der Waals surface area contributed by atoms with E-state index in [-0.39, 0.29) is 17.3 Å². The Bertz CT molecular complexity index is 1870. The minimum atomic E-state index is -4.22. The number of piperazine rings is 1. The number of anilines is 1. The molecule has 5 aromatic rings. The largest absolute Gasteiger partial charge is 0.467 e. The molecule has 0 bridgehead atoms. The highest BCUT2D eigenvalue weighted by atomic mass is 32.2. The number of sulfone groups is 1. The Morgan fingerprint density at radius 3 is 2.42 bits per heavy atom. The van der Waals surface area contributed by atoms with E-state index in [2.05, 4.69) is 27.4 Å². The molecule has 1 N–H and O–H groups in total. The number of halogens is 2. The first-order chi connectivity index (χ1) is 20.7. The average Bonchev–Trinajstić information content (AvgIpc) is 3.66. The molecule has 1 aliphatic heterocycles. The van der Waals surface area contributed by atoms with Crippen LogP contribution < -0.4 is 15.4 Å². The third-order valence-electron chi connectivity index (χ3n) is 7.31. The lowest BCUT2D eigenvalue weighted by Gasteiger charge is -2.35. The molecule has 1 aliphatic rings. The molecule has 10 nitrogen and oxygen atoms in total. The lowest BCUT2D eigenvalue weighted by Crippen LogP contribution is -2.50. The van der Waals surface area contributed by atoms with Crippen molar-refractivity contribution in [3.05, 3.63) is 108 Å². The van der Waals surface area contributed by atoms with Crippen molar-refractivity contribution in [2.75, 3.05) is 43.2 Å². The smallest absolute Gasteiger partial charge is 0.273 e. The molecule has 13 heteroatoms. The van der Waals surface area contributed by atoms with Crippen LogP contribution in [0.4, 0.5) is 14.5 Å². The summed E-state index contributed by atoms with van der Waals surface area (Å²) in [6, 6.07) is 17.2. The van der Waals surface area contributed by atoms with Crippen LogP contribution >= 0.6 is 0 Å². The van der Waals surface area contributed by atoms with Crippen LogP contribution in [0.2, 0.25) is 0 Å². The van der Waals surface area contributed by atoms with E-state index in [4.69, 9.17) is 4.42 Å². The van der Waals surface area contributed by atoms with Crippen LogP contribution in [0.5, 0.6) is 0 Å². The molecule has 1 fully saturated rings. The molecule has 43 heavy (non-hydrogen) atoms. The van der Waals surface area contributed by atoms with Crippen molar-refractivity contribution >= 4 is 32.3 Å². The zero-order valence-electron chi connectivity index (χ0n) is 23.2. The summed E-state index contributed by atoms with van der Waals surface area (Å²) >= 11 is 0. The standard InChI is InChI=1S/C30H28F2N6O4S/c1-35-10-12-36(13-11-35)29-7-3-2-6-27(29)30(39)34-37(20-24-5-4-14-42-24)38-28-9-8-25(15-21(28)19-33-38)43(40,41)26-17-22(31)16-23(32)18-26/h2-9,14-19H,10-13,20H2,1H3,(H,34,39). The maximum absolute atomic E-state index is 13.8. The number of hydrazine groups is 1. The zero-order valence-corrected chi connectivity index (χ0v) is 24.0. The summed E-state index contributed by atoms with van der Waals surface area (Å²) in [5.74, 6) is -1.81. The summed E-state index contributed by atoms with van der Waals surface area (Å²) in [6.07, 6.45) is 2.96. The number of carbonyl (C=O) groups is 1. The highest BCUT2D eigenvalue weighted by Gasteiger charge is 2.24. The number of fused-ring (bicyclic) bond motifs is 1. The summed E-state index contributed by atoms with van der Waals surface area (Å²) in [4.78, 5) is 18.9. The number of para-hydroxylation sites is 1. The van der Waals surface area contributed by atoms with E-state index in [1.54, 1.807) is 24.3 Å². The van der Waals surface area contributed by atoms with Gasteiger partial charge in [-0.15, -0.1) is 0 Å². The van der Waals surface area contributed by atoms with Gasteiger partial charge >= 0.3 is 0 Å². The lowest BCUT2D eigenvalue weighted by molar-refractivity contribution is 0.0933. The van der Waals surface area contributed by atoms with Gasteiger partial charge in [0.2, 0.25) is 9.84 Å². The van der Waals surface area contributed by atoms with Crippen LogP contribution in [-0.2, 0) is 16.4 Å². The van der Waals surface area contributed by atoms with Crippen molar-refractivity contribution in [1.82, 2.24) is 20.2 Å². The van der Waals surface area contributed by atoms with Gasteiger partial charge in [0, 0.05) is 43.3 Å². The Balaban J connectivity index is 1.33. The Morgan fingerprint density at radius 2 is 1.70 bits per heavy atom. The lowest BCUT2D eigenvalue weighted by atomic mass is 10.1. The van der Waals surface area contributed by atoms with Gasteiger partial charge in [-0.25, -0.2) is 22.6 Å². The summed E-state index contributed by atoms with van der Waals surface area (Å²) in [6.45, 7) is 3.44. The van der Waals surface area contributed by atoms with Crippen LogP contribution in [0.1, 0.15) is 16.1 Å². The molecule has 6 rings (SSSR count). The summed E-state index contributed by atoms with van der Waals surface area (Å²) in [7, 11) is -2.16. The highest BCUT2D eigenvalue weighted by molar-refractivity contribution is 7.91. The van der Waals surface area contributed by atoms with Gasteiger partial charge in [-0.2, -0.15) is 15.0 Å². The maximum atomic E-state index is 13.8. The van der Waals surface area contributed by atoms with Crippen LogP contribution in [0.25, 0.3) is 10.9 Å². The number of benzene rings is 3. The first kappa shape index (κ1) is 28.4. The quantitative estimate of drug-likeness (QED) is 0.265. The van der Waals surface area contributed by atoms with Crippen molar-refractivity contribution < 1.29 is 26.4 Å². The third-order valence-corrected chi connectivity index (χ3v) is 9.05. The Labute approximate surface area is 246 Å². The molecular weight excluding hydrogens is 578 g/mol. The number of hydrogen-bond donors (Lipinski definition) is 1. The number of likely N-dealkylation sites (N-methyl/N-ethyl adjacent to an activating group) is 1. The third kappa shape index (κ3) is 5.81. The second-order valence-electron chi connectivity index (χ2n) is 10.2. The van der Waals surface area contributed by atoms with Gasteiger partial charge in [-0.1, -0.05) is 12.1 Å². The van der Waals surface area contributed by atoms with Crippen LogP contribution in [0.3, 0.4) is 0 Å². The highest BCUT2D eigenvalue weighted by Crippen LogP contribution is 2.27. The molecule has 1 saturated heterocycles. The minimum absolute atomic E-state index is 0.106. The van der Waals surface area contributed by atoms with Gasteiger partial charge in [-0.3, -0.25) is 4.79 Å². The number of furan rings is 1. The summed E-state index contributed by atoms with van der Waals surface area (Å²) in [5, 5.41) is 6.32. The van der Waals surface area contributed by atoms with Crippen LogP contribution in [0, 0.1) is 11.6 Å². The van der Waals surface area contributed by atoms with Gasteiger partial charge in [-0.05, 0) is 61.6 Å². The Kier molecular flexibility index (Phi) is 7.59. The number of carbonyl (C=O) groups excluding carboxylic acids is 1. The number of rotatable bonds is 8. The second-order valence-corrected chi connectivity index (χ2v) is 12.2. The predicted octanol–water partition coefficient (Wildman–Crippen LogP) is 3.98.